The number of nitrogens with one attached hydrogen (secondary N) is 1. The van der Waals surface area contributed by atoms with Gasteiger partial charge in [-0.3, -0.25) is 19.1 Å². The van der Waals surface area contributed by atoms with Crippen LogP contribution in [0.3, 0.4) is 0 Å². The molecule has 0 aromatic carbocycles. The van der Waals surface area contributed by atoms with E-state index in [0.717, 1.165) is 32.1 Å². The molecule has 0 radical (unpaired) electrons. The highest BCUT2D eigenvalue weighted by atomic mass is 16.3. The summed E-state index contributed by atoms with van der Waals surface area (Å²) in [6.45, 7) is 4.84. The number of nitrogen functional groups attached to an aromatic ring is 1. The largest absolute Gasteiger partial charge is 0.469 e. The molecule has 0 unspecified atom stereocenters. The second-order valence-electron chi connectivity index (χ2n) is 6.83. The van der Waals surface area contributed by atoms with Crippen LogP contribution in [0.4, 0.5) is 11.5 Å². The monoisotopic (exact) mass is 390 g/mol. The number of nitrogens with zero attached hydrogens (tertiary/aromatic N) is 2. The fourth-order valence-electron chi connectivity index (χ4n) is 3.08. The number of nitrogens with two attached hydrogens (primary N) is 1. The molecule has 0 fully saturated rings. The summed E-state index contributed by atoms with van der Waals surface area (Å²) < 4.78 is 6.63. The Labute approximate surface area is 164 Å². The van der Waals surface area contributed by atoms with Gasteiger partial charge < -0.3 is 15.1 Å². The zero-order chi connectivity index (χ0) is 20.5. The molecule has 0 bridgehead atoms. The van der Waals surface area contributed by atoms with Gasteiger partial charge in [0.25, 0.3) is 5.56 Å². The predicted molar refractivity (Wildman–Crippen MR) is 110 cm³/mol. The van der Waals surface area contributed by atoms with Gasteiger partial charge in [0.2, 0.25) is 5.91 Å². The Morgan fingerprint density at radius 3 is 2.61 bits per heavy atom. The number of rotatable bonds is 11. The molecular weight excluding hydrogens is 360 g/mol. The maximum absolute atomic E-state index is 12.9. The molecule has 0 spiro atoms. The van der Waals surface area contributed by atoms with Crippen molar-refractivity contribution in [3.05, 3.63) is 45.0 Å². The third-order valence-corrected chi connectivity index (χ3v) is 4.67. The number of hydrogen-bond donors (Lipinski definition) is 2. The zero-order valence-electron chi connectivity index (χ0n) is 16.7. The van der Waals surface area contributed by atoms with Gasteiger partial charge in [-0.25, -0.2) is 4.79 Å². The molecule has 154 valence electrons. The van der Waals surface area contributed by atoms with Crippen LogP contribution in [-0.2, 0) is 17.8 Å². The van der Waals surface area contributed by atoms with Gasteiger partial charge in [0.1, 0.15) is 11.6 Å². The highest BCUT2D eigenvalue weighted by molar-refractivity contribution is 5.95. The first-order valence-electron chi connectivity index (χ1n) is 9.94. The lowest BCUT2D eigenvalue weighted by Gasteiger charge is -2.24. The van der Waals surface area contributed by atoms with Crippen molar-refractivity contribution in [1.29, 1.82) is 0 Å². The second-order valence-corrected chi connectivity index (χ2v) is 6.83. The smallest absolute Gasteiger partial charge is 0.330 e. The lowest BCUT2D eigenvalue weighted by Crippen LogP contribution is -2.41. The van der Waals surface area contributed by atoms with Crippen molar-refractivity contribution in [2.75, 3.05) is 17.2 Å². The average Bonchev–Trinajstić information content (AvgIpc) is 3.18. The number of carbonyl (C=O) groups is 1. The lowest BCUT2D eigenvalue weighted by atomic mass is 10.2. The van der Waals surface area contributed by atoms with Crippen LogP contribution in [0.1, 0.15) is 58.1 Å². The molecule has 0 aliphatic heterocycles. The Balaban J connectivity index is 2.34. The van der Waals surface area contributed by atoms with Crippen molar-refractivity contribution in [1.82, 2.24) is 9.55 Å². The van der Waals surface area contributed by atoms with Crippen LogP contribution in [0.2, 0.25) is 0 Å². The molecule has 8 nitrogen and oxygen atoms in total. The minimum Gasteiger partial charge on any atom is -0.469 e. The summed E-state index contributed by atoms with van der Waals surface area (Å²) in [5.41, 5.74) is 5.08. The van der Waals surface area contributed by atoms with Gasteiger partial charge in [-0.1, -0.05) is 33.1 Å². The molecule has 8 heteroatoms. The number of hydrogen-bond acceptors (Lipinski definition) is 5. The number of carbonyl (C=O) groups excluding carboxylic acids is 1. The number of aryl methyl sites for hydroxylation is 1. The molecule has 28 heavy (non-hydrogen) atoms. The SMILES string of the molecule is CCCCCN(C(=O)CCc1ccco1)c1c(N)n(CCCC)c(=O)[nH]c1=O. The Morgan fingerprint density at radius 1 is 1.21 bits per heavy atom. The first-order chi connectivity index (χ1) is 13.5. The van der Waals surface area contributed by atoms with Crippen LogP contribution < -0.4 is 21.9 Å². The number of unbranched alkanes of at least 4 members (excludes halogenated alkanes) is 3. The highest BCUT2D eigenvalue weighted by Gasteiger charge is 2.23. The number of aromatic nitrogens is 2. The maximum atomic E-state index is 12.9. The summed E-state index contributed by atoms with van der Waals surface area (Å²) in [6.07, 6.45) is 6.46. The van der Waals surface area contributed by atoms with E-state index in [-0.39, 0.29) is 23.8 Å². The third-order valence-electron chi connectivity index (χ3n) is 4.67. The number of aromatic amines is 1. The van der Waals surface area contributed by atoms with Gasteiger partial charge in [-0.15, -0.1) is 0 Å². The van der Waals surface area contributed by atoms with Crippen molar-refractivity contribution >= 4 is 17.4 Å². The van der Waals surface area contributed by atoms with Gasteiger partial charge in [0.15, 0.2) is 5.69 Å². The van der Waals surface area contributed by atoms with Crippen LogP contribution >= 0.6 is 0 Å². The third kappa shape index (κ3) is 5.37. The summed E-state index contributed by atoms with van der Waals surface area (Å²) >= 11 is 0. The lowest BCUT2D eigenvalue weighted by molar-refractivity contribution is -0.118. The predicted octanol–water partition coefficient (Wildman–Crippen LogP) is 2.67. The molecule has 1 amide bonds. The molecule has 0 aliphatic rings. The van der Waals surface area contributed by atoms with E-state index in [1.165, 1.54) is 9.47 Å². The molecule has 2 rings (SSSR count). The number of furan rings is 1. The summed E-state index contributed by atoms with van der Waals surface area (Å²) in [5.74, 6) is 0.534. The van der Waals surface area contributed by atoms with E-state index in [2.05, 4.69) is 11.9 Å². The fraction of sp³-hybridized carbons (Fsp3) is 0.550. The Hall–Kier alpha value is -2.77. The van der Waals surface area contributed by atoms with Crippen LogP contribution in [0.25, 0.3) is 0 Å². The molecule has 0 atom stereocenters. The van der Waals surface area contributed by atoms with Gasteiger partial charge in [0.05, 0.1) is 6.26 Å². The van der Waals surface area contributed by atoms with Gasteiger partial charge in [0, 0.05) is 25.9 Å². The zero-order valence-corrected chi connectivity index (χ0v) is 16.7. The normalized spacial score (nSPS) is 10.9. The van der Waals surface area contributed by atoms with E-state index in [9.17, 15) is 14.4 Å². The molecule has 0 aliphatic carbocycles. The number of amides is 1. The van der Waals surface area contributed by atoms with Crippen LogP contribution in [0, 0.1) is 0 Å². The highest BCUT2D eigenvalue weighted by Crippen LogP contribution is 2.20. The maximum Gasteiger partial charge on any atom is 0.330 e. The van der Waals surface area contributed by atoms with Crippen molar-refractivity contribution < 1.29 is 9.21 Å². The first kappa shape index (κ1) is 21.5. The van der Waals surface area contributed by atoms with Gasteiger partial charge in [-0.05, 0) is 25.0 Å². The molecule has 0 saturated heterocycles. The molecule has 2 heterocycles. The summed E-state index contributed by atoms with van der Waals surface area (Å²) in [6, 6.07) is 3.58. The first-order valence-corrected chi connectivity index (χ1v) is 9.94. The molecule has 0 saturated carbocycles. The summed E-state index contributed by atoms with van der Waals surface area (Å²) in [7, 11) is 0. The molecular formula is C20H30N4O4. The van der Waals surface area contributed by atoms with Crippen LogP contribution in [0.15, 0.2) is 32.4 Å². The van der Waals surface area contributed by atoms with E-state index >= 15 is 0 Å². The molecule has 3 N–H and O–H groups in total. The van der Waals surface area contributed by atoms with Crippen molar-refractivity contribution in [3.63, 3.8) is 0 Å². The Morgan fingerprint density at radius 2 is 1.96 bits per heavy atom. The van der Waals surface area contributed by atoms with Gasteiger partial charge in [-0.2, -0.15) is 0 Å². The van der Waals surface area contributed by atoms with E-state index < -0.39 is 11.2 Å². The minimum atomic E-state index is -0.627. The second kappa shape index (κ2) is 10.5. The average molecular weight is 390 g/mol. The van der Waals surface area contributed by atoms with E-state index in [1.54, 1.807) is 18.4 Å². The van der Waals surface area contributed by atoms with Gasteiger partial charge >= 0.3 is 5.69 Å². The summed E-state index contributed by atoms with van der Waals surface area (Å²) in [4.78, 5) is 41.4. The molecule has 2 aromatic rings. The van der Waals surface area contributed by atoms with E-state index in [4.69, 9.17) is 10.2 Å². The molecule has 2 aromatic heterocycles. The number of anilines is 2. The number of H-pyrrole nitrogens is 1. The Bertz CT molecular complexity index is 867. The van der Waals surface area contributed by atoms with Crippen molar-refractivity contribution in [2.24, 2.45) is 0 Å². The Kier molecular flexibility index (Phi) is 8.10. The minimum absolute atomic E-state index is 0.0463. The van der Waals surface area contributed by atoms with E-state index in [0.29, 0.717) is 25.3 Å². The quantitative estimate of drug-likeness (QED) is 0.573. The van der Waals surface area contributed by atoms with Crippen LogP contribution in [-0.4, -0.2) is 22.0 Å². The standard InChI is InChI=1S/C20H30N4O4/c1-3-5-7-13-23(16(25)11-10-15-9-8-14-28-15)17-18(21)24(12-6-4-2)20(27)22-19(17)26/h8-9,14H,3-7,10-13,21H2,1-2H3,(H,22,26,27). The van der Waals surface area contributed by atoms with Crippen LogP contribution in [0.5, 0.6) is 0 Å². The topological polar surface area (TPSA) is 114 Å². The van der Waals surface area contributed by atoms with Crippen molar-refractivity contribution in [3.8, 4) is 0 Å². The summed E-state index contributed by atoms with van der Waals surface area (Å²) in [5, 5.41) is 0. The fourth-order valence-corrected chi connectivity index (χ4v) is 3.08. The van der Waals surface area contributed by atoms with E-state index in [1.807, 2.05) is 6.92 Å². The van der Waals surface area contributed by atoms with Crippen molar-refractivity contribution in [2.45, 2.75) is 65.3 Å².